The van der Waals surface area contributed by atoms with Crippen LogP contribution >= 0.6 is 11.1 Å². The van der Waals surface area contributed by atoms with E-state index < -0.39 is 7.38 Å². The van der Waals surface area contributed by atoms with Crippen molar-refractivity contribution in [3.8, 4) is 0 Å². The second-order valence-corrected chi connectivity index (χ2v) is 9.92. The van der Waals surface area contributed by atoms with Gasteiger partial charge in [0.1, 0.15) is 7.38 Å². The van der Waals surface area contributed by atoms with E-state index in [2.05, 4.69) is 20.0 Å². The van der Waals surface area contributed by atoms with E-state index >= 15 is 0 Å². The lowest BCUT2D eigenvalue weighted by Gasteiger charge is -2.08. The van der Waals surface area contributed by atoms with E-state index in [1.54, 1.807) is 0 Å². The summed E-state index contributed by atoms with van der Waals surface area (Å²) in [7, 11) is -1.18. The molecule has 2 nitrogen and oxygen atoms in total. The summed E-state index contributed by atoms with van der Waals surface area (Å²) in [5, 5.41) is 15.2. The first-order valence-electron chi connectivity index (χ1n) is 3.88. The summed E-state index contributed by atoms with van der Waals surface area (Å²) >= 11 is 5.97. The molecule has 0 radical (unpaired) electrons. The molecule has 0 saturated carbocycles. The van der Waals surface area contributed by atoms with Gasteiger partial charge in [-0.1, -0.05) is 26.4 Å². The SMILES string of the molecule is CCC[Si](C)(C)Cl.OCCO. The minimum atomic E-state index is -1.18. The van der Waals surface area contributed by atoms with E-state index in [1.807, 2.05) is 0 Å². The molecule has 0 aliphatic rings. The quantitative estimate of drug-likeness (QED) is 0.537. The summed E-state index contributed by atoms with van der Waals surface area (Å²) in [5.41, 5.74) is 0. The summed E-state index contributed by atoms with van der Waals surface area (Å²) in [6.45, 7) is 6.28. The molecule has 0 aromatic carbocycles. The van der Waals surface area contributed by atoms with E-state index in [-0.39, 0.29) is 13.2 Å². The van der Waals surface area contributed by atoms with Crippen LogP contribution in [0.4, 0.5) is 0 Å². The van der Waals surface area contributed by atoms with Gasteiger partial charge in [0.15, 0.2) is 0 Å². The predicted octanol–water partition coefficient (Wildman–Crippen LogP) is 1.81. The molecule has 0 aliphatic heterocycles. The molecule has 0 unspecified atom stereocenters. The van der Waals surface area contributed by atoms with E-state index in [9.17, 15) is 0 Å². The van der Waals surface area contributed by atoms with Crippen molar-refractivity contribution in [2.75, 3.05) is 13.2 Å². The maximum Gasteiger partial charge on any atom is 0.150 e. The highest BCUT2D eigenvalue weighted by Gasteiger charge is 2.13. The van der Waals surface area contributed by atoms with Crippen LogP contribution in [0, 0.1) is 0 Å². The third-order valence-corrected chi connectivity index (χ3v) is 3.20. The Labute approximate surface area is 74.9 Å². The summed E-state index contributed by atoms with van der Waals surface area (Å²) < 4.78 is 0. The topological polar surface area (TPSA) is 40.5 Å². The van der Waals surface area contributed by atoms with Crippen molar-refractivity contribution < 1.29 is 10.2 Å². The average molecular weight is 199 g/mol. The Kier molecular flexibility index (Phi) is 10.8. The van der Waals surface area contributed by atoms with Gasteiger partial charge in [-0.2, -0.15) is 11.1 Å². The molecule has 0 fully saturated rings. The molecule has 0 spiro atoms. The minimum absolute atomic E-state index is 0.125. The number of aliphatic hydroxyl groups excluding tert-OH is 2. The summed E-state index contributed by atoms with van der Waals surface area (Å²) in [4.78, 5) is 0. The Morgan fingerprint density at radius 2 is 1.55 bits per heavy atom. The number of hydrogen-bond donors (Lipinski definition) is 2. The van der Waals surface area contributed by atoms with E-state index in [0.29, 0.717) is 0 Å². The monoisotopic (exact) mass is 198 g/mol. The van der Waals surface area contributed by atoms with Gasteiger partial charge in [-0.25, -0.2) is 0 Å². The fourth-order valence-corrected chi connectivity index (χ4v) is 2.35. The number of aliphatic hydroxyl groups is 2. The second-order valence-electron chi connectivity index (χ2n) is 2.92. The molecular formula is C7H19ClO2Si. The zero-order valence-electron chi connectivity index (χ0n) is 7.60. The largest absolute Gasteiger partial charge is 0.394 e. The highest BCUT2D eigenvalue weighted by molar-refractivity contribution is 7.19. The van der Waals surface area contributed by atoms with E-state index in [4.69, 9.17) is 21.3 Å². The van der Waals surface area contributed by atoms with Crippen molar-refractivity contribution in [1.82, 2.24) is 0 Å². The van der Waals surface area contributed by atoms with Gasteiger partial charge in [0, 0.05) is 0 Å². The first-order valence-corrected chi connectivity index (χ1v) is 8.10. The Balaban J connectivity index is 0. The van der Waals surface area contributed by atoms with Crippen LogP contribution in [0.15, 0.2) is 0 Å². The molecule has 0 saturated heterocycles. The highest BCUT2D eigenvalue weighted by Crippen LogP contribution is 2.14. The Morgan fingerprint density at radius 1 is 1.18 bits per heavy atom. The van der Waals surface area contributed by atoms with E-state index in [1.165, 1.54) is 12.5 Å². The lowest BCUT2D eigenvalue weighted by Crippen LogP contribution is -2.14. The molecule has 11 heavy (non-hydrogen) atoms. The molecular weight excluding hydrogens is 180 g/mol. The Morgan fingerprint density at radius 3 is 1.55 bits per heavy atom. The molecule has 4 heteroatoms. The smallest absolute Gasteiger partial charge is 0.150 e. The molecule has 0 aliphatic carbocycles. The van der Waals surface area contributed by atoms with Crippen molar-refractivity contribution in [3.05, 3.63) is 0 Å². The Hall–Kier alpha value is 0.427. The molecule has 0 bridgehead atoms. The normalized spacial score (nSPS) is 10.4. The minimum Gasteiger partial charge on any atom is -0.394 e. The molecule has 70 valence electrons. The standard InChI is InChI=1S/C5H13ClSi.C2H6O2/c1-4-5-7(2,3)6;3-1-2-4/h4-5H2,1-3H3;3-4H,1-2H2. The predicted molar refractivity (Wildman–Crippen MR) is 52.6 cm³/mol. The van der Waals surface area contributed by atoms with Crippen LogP contribution in [-0.2, 0) is 0 Å². The van der Waals surface area contributed by atoms with Crippen LogP contribution in [0.2, 0.25) is 19.1 Å². The molecule has 0 amide bonds. The van der Waals surface area contributed by atoms with Crippen LogP contribution in [0.5, 0.6) is 0 Å². The van der Waals surface area contributed by atoms with Gasteiger partial charge < -0.3 is 10.2 Å². The van der Waals surface area contributed by atoms with E-state index in [0.717, 1.165) is 0 Å². The Bertz CT molecular complexity index is 71.3. The third-order valence-electron chi connectivity index (χ3n) is 0.944. The number of hydrogen-bond acceptors (Lipinski definition) is 2. The van der Waals surface area contributed by atoms with Gasteiger partial charge in [-0.05, 0) is 6.04 Å². The van der Waals surface area contributed by atoms with Crippen molar-refractivity contribution in [3.63, 3.8) is 0 Å². The summed E-state index contributed by atoms with van der Waals surface area (Å²) in [6.07, 6.45) is 1.24. The fraction of sp³-hybridized carbons (Fsp3) is 1.00. The van der Waals surface area contributed by atoms with Crippen molar-refractivity contribution in [2.45, 2.75) is 32.5 Å². The summed E-state index contributed by atoms with van der Waals surface area (Å²) in [5.74, 6) is 0. The molecule has 0 rings (SSSR count). The van der Waals surface area contributed by atoms with Gasteiger partial charge in [0.2, 0.25) is 0 Å². The average Bonchev–Trinajstić information content (AvgIpc) is 1.86. The van der Waals surface area contributed by atoms with Crippen LogP contribution in [-0.4, -0.2) is 30.8 Å². The van der Waals surface area contributed by atoms with Gasteiger partial charge in [0.05, 0.1) is 13.2 Å². The van der Waals surface area contributed by atoms with Crippen molar-refractivity contribution in [2.24, 2.45) is 0 Å². The van der Waals surface area contributed by atoms with Crippen LogP contribution in [0.3, 0.4) is 0 Å². The first-order chi connectivity index (χ1) is 4.97. The van der Waals surface area contributed by atoms with Crippen molar-refractivity contribution in [1.29, 1.82) is 0 Å². The fourth-order valence-electron chi connectivity index (χ4n) is 0.594. The lowest BCUT2D eigenvalue weighted by atomic mass is 10.6. The van der Waals surface area contributed by atoms with Gasteiger partial charge in [0.25, 0.3) is 0 Å². The van der Waals surface area contributed by atoms with Gasteiger partial charge in [-0.3, -0.25) is 0 Å². The lowest BCUT2D eigenvalue weighted by molar-refractivity contribution is 0.186. The zero-order chi connectivity index (χ0) is 9.33. The zero-order valence-corrected chi connectivity index (χ0v) is 9.36. The highest BCUT2D eigenvalue weighted by atomic mass is 35.6. The van der Waals surface area contributed by atoms with Crippen LogP contribution < -0.4 is 0 Å². The number of halogens is 1. The third kappa shape index (κ3) is 25.1. The number of rotatable bonds is 3. The van der Waals surface area contributed by atoms with Gasteiger partial charge in [-0.15, -0.1) is 0 Å². The van der Waals surface area contributed by atoms with Gasteiger partial charge >= 0.3 is 0 Å². The van der Waals surface area contributed by atoms with Crippen molar-refractivity contribution >= 4 is 18.5 Å². The molecule has 0 aromatic rings. The van der Waals surface area contributed by atoms with Crippen LogP contribution in [0.25, 0.3) is 0 Å². The molecule has 0 atom stereocenters. The molecule has 0 aromatic heterocycles. The summed E-state index contributed by atoms with van der Waals surface area (Å²) in [6, 6.07) is 1.24. The second kappa shape index (κ2) is 8.52. The first kappa shape index (κ1) is 14.0. The molecule has 0 heterocycles. The maximum absolute atomic E-state index is 7.62. The van der Waals surface area contributed by atoms with Crippen LogP contribution in [0.1, 0.15) is 13.3 Å². The maximum atomic E-state index is 7.62. The molecule has 2 N–H and O–H groups in total.